The van der Waals surface area contributed by atoms with Crippen LogP contribution in [-0.4, -0.2) is 0 Å². The molecule has 38 heavy (non-hydrogen) atoms. The fourth-order valence-electron chi connectivity index (χ4n) is 5.86. The Kier molecular flexibility index (Phi) is 15.7. The van der Waals surface area contributed by atoms with Crippen molar-refractivity contribution in [2.75, 3.05) is 0 Å². The van der Waals surface area contributed by atoms with Crippen molar-refractivity contribution < 1.29 is 0 Å². The molecule has 0 saturated heterocycles. The Bertz CT molecular complexity index is 1000. The van der Waals surface area contributed by atoms with E-state index in [2.05, 4.69) is 88.8 Å². The first-order valence-corrected chi connectivity index (χ1v) is 17.8. The summed E-state index contributed by atoms with van der Waals surface area (Å²) in [6.45, 7) is 4.61. The van der Waals surface area contributed by atoms with Crippen molar-refractivity contribution in [3.05, 3.63) is 55.6 Å². The molecule has 0 radical (unpaired) electrons. The maximum atomic E-state index is 3.73. The monoisotopic (exact) mass is 690 g/mol. The molecule has 0 heterocycles. The second kappa shape index (κ2) is 18.7. The fourth-order valence-corrected chi connectivity index (χ4v) is 6.71. The third-order valence-corrected chi connectivity index (χ3v) is 10.5. The van der Waals surface area contributed by atoms with Crippen LogP contribution in [0.1, 0.15) is 141 Å². The van der Waals surface area contributed by atoms with Crippen LogP contribution in [0.4, 0.5) is 0 Å². The molecular weight excluding hydrogens is 639 g/mol. The van der Waals surface area contributed by atoms with Gasteiger partial charge in [0.25, 0.3) is 0 Å². The molecule has 0 saturated carbocycles. The molecule has 0 aliphatic carbocycles. The highest BCUT2D eigenvalue weighted by molar-refractivity contribution is 14.1. The Hall–Kier alpha value is -0.610. The van der Waals surface area contributed by atoms with Gasteiger partial charge in [-0.15, -0.1) is 0 Å². The van der Waals surface area contributed by atoms with Gasteiger partial charge in [0.2, 0.25) is 0 Å². The molecule has 0 aromatic heterocycles. The van der Waals surface area contributed by atoms with Crippen molar-refractivity contribution in [2.24, 2.45) is 0 Å². The van der Waals surface area contributed by atoms with E-state index in [1.165, 1.54) is 158 Å². The summed E-state index contributed by atoms with van der Waals surface area (Å²) < 4.78 is 2.48. The van der Waals surface area contributed by atoms with E-state index in [0.717, 1.165) is 0 Å². The maximum Gasteiger partial charge on any atom is 0.0315 e. The van der Waals surface area contributed by atoms with Gasteiger partial charge < -0.3 is 0 Å². The summed E-state index contributed by atoms with van der Waals surface area (Å²) in [7, 11) is 0. The fraction of sp³-hybridized carbons (Fsp3) is 0.611. The Morgan fingerprint density at radius 1 is 0.447 bits per heavy atom. The van der Waals surface area contributed by atoms with Crippen molar-refractivity contribution >= 4 is 60.1 Å². The quantitative estimate of drug-likeness (QED) is 0.0629. The van der Waals surface area contributed by atoms with E-state index in [1.807, 2.05) is 0 Å². The molecule has 3 aromatic rings. The van der Waals surface area contributed by atoms with Gasteiger partial charge >= 0.3 is 0 Å². The standard InChI is InChI=1S/C36H52BrI/c1-3-5-7-9-11-13-15-17-19-21-29-23-31-25-33-27-35(37)36(38)28-34(33)26-32(31)24-30(29)22-20-18-16-14-12-10-8-6-4-2/h23-28H,3-22H2,1-2H3. The van der Waals surface area contributed by atoms with Crippen LogP contribution in [0.15, 0.2) is 40.9 Å². The molecule has 210 valence electrons. The molecule has 0 aliphatic heterocycles. The van der Waals surface area contributed by atoms with E-state index < -0.39 is 0 Å². The number of aryl methyl sites for hydroxylation is 2. The third-order valence-electron chi connectivity index (χ3n) is 8.25. The molecule has 0 fully saturated rings. The van der Waals surface area contributed by atoms with Crippen LogP contribution >= 0.6 is 38.5 Å². The van der Waals surface area contributed by atoms with E-state index in [9.17, 15) is 0 Å². The van der Waals surface area contributed by atoms with E-state index in [4.69, 9.17) is 0 Å². The maximum absolute atomic E-state index is 3.73. The minimum atomic E-state index is 1.20. The van der Waals surface area contributed by atoms with Crippen molar-refractivity contribution in [1.29, 1.82) is 0 Å². The molecule has 0 spiro atoms. The molecule has 3 rings (SSSR count). The first-order chi connectivity index (χ1) is 18.6. The number of halogens is 2. The highest BCUT2D eigenvalue weighted by Crippen LogP contribution is 2.31. The lowest BCUT2D eigenvalue weighted by Gasteiger charge is -2.14. The summed E-state index contributed by atoms with van der Waals surface area (Å²) in [5, 5.41) is 5.51. The SMILES string of the molecule is CCCCCCCCCCCc1cc2cc3cc(Br)c(I)cc3cc2cc1CCCCCCCCCCC. The highest BCUT2D eigenvalue weighted by Gasteiger charge is 2.09. The normalized spacial score (nSPS) is 11.7. The van der Waals surface area contributed by atoms with Crippen LogP contribution in [0.25, 0.3) is 21.5 Å². The molecule has 0 nitrogen and oxygen atoms in total. The van der Waals surface area contributed by atoms with Crippen molar-refractivity contribution in [1.82, 2.24) is 0 Å². The molecule has 0 N–H and O–H groups in total. The molecule has 3 aromatic carbocycles. The van der Waals surface area contributed by atoms with E-state index >= 15 is 0 Å². The van der Waals surface area contributed by atoms with Crippen molar-refractivity contribution in [2.45, 2.75) is 142 Å². The minimum Gasteiger partial charge on any atom is -0.0654 e. The lowest BCUT2D eigenvalue weighted by atomic mass is 9.92. The number of benzene rings is 3. The largest absolute Gasteiger partial charge is 0.0654 e. The van der Waals surface area contributed by atoms with Crippen molar-refractivity contribution in [3.63, 3.8) is 0 Å². The summed E-state index contributed by atoms with van der Waals surface area (Å²) in [5.74, 6) is 0. The minimum absolute atomic E-state index is 1.20. The average molecular weight is 692 g/mol. The Morgan fingerprint density at radius 3 is 1.21 bits per heavy atom. The van der Waals surface area contributed by atoms with Crippen LogP contribution in [0, 0.1) is 3.57 Å². The summed E-state index contributed by atoms with van der Waals surface area (Å²) in [6.07, 6.45) is 27.7. The van der Waals surface area contributed by atoms with Crippen molar-refractivity contribution in [3.8, 4) is 0 Å². The van der Waals surface area contributed by atoms with Crippen LogP contribution < -0.4 is 0 Å². The Morgan fingerprint density at radius 2 is 0.789 bits per heavy atom. The molecule has 0 atom stereocenters. The van der Waals surface area contributed by atoms with Gasteiger partial charge in [0.05, 0.1) is 0 Å². The highest BCUT2D eigenvalue weighted by atomic mass is 127. The second-order valence-corrected chi connectivity index (χ2v) is 13.6. The molecule has 2 heteroatoms. The molecule has 0 bridgehead atoms. The summed E-state index contributed by atoms with van der Waals surface area (Å²) >= 11 is 6.16. The first-order valence-electron chi connectivity index (χ1n) is 16.0. The second-order valence-electron chi connectivity index (χ2n) is 11.6. The van der Waals surface area contributed by atoms with E-state index in [-0.39, 0.29) is 0 Å². The predicted octanol–water partition coefficient (Wildman–Crippen LogP) is 13.5. The van der Waals surface area contributed by atoms with Gasteiger partial charge in [0.15, 0.2) is 0 Å². The number of hydrogen-bond acceptors (Lipinski definition) is 0. The predicted molar refractivity (Wildman–Crippen MR) is 184 cm³/mol. The zero-order valence-corrected chi connectivity index (χ0v) is 28.1. The van der Waals surface area contributed by atoms with E-state index in [1.54, 1.807) is 11.1 Å². The zero-order chi connectivity index (χ0) is 27.0. The van der Waals surface area contributed by atoms with Crippen LogP contribution in [0.5, 0.6) is 0 Å². The summed E-state index contributed by atoms with van der Waals surface area (Å²) in [6, 6.07) is 14.5. The van der Waals surface area contributed by atoms with Gasteiger partial charge in [-0.3, -0.25) is 0 Å². The lowest BCUT2D eigenvalue weighted by molar-refractivity contribution is 0.561. The zero-order valence-electron chi connectivity index (χ0n) is 24.4. The van der Waals surface area contributed by atoms with Crippen LogP contribution in [0.3, 0.4) is 0 Å². The van der Waals surface area contributed by atoms with Gasteiger partial charge in [-0.25, -0.2) is 0 Å². The summed E-state index contributed by atoms with van der Waals surface area (Å²) in [4.78, 5) is 0. The van der Waals surface area contributed by atoms with Crippen LogP contribution in [0.2, 0.25) is 0 Å². The number of hydrogen-bond donors (Lipinski definition) is 0. The van der Waals surface area contributed by atoms with Gasteiger partial charge in [0.1, 0.15) is 0 Å². The smallest absolute Gasteiger partial charge is 0.0315 e. The Labute approximate surface area is 256 Å². The first kappa shape index (κ1) is 31.9. The molecule has 0 amide bonds. The third kappa shape index (κ3) is 11.1. The van der Waals surface area contributed by atoms with Gasteiger partial charge in [0, 0.05) is 8.04 Å². The topological polar surface area (TPSA) is 0 Å². The average Bonchev–Trinajstić information content (AvgIpc) is 2.91. The van der Waals surface area contributed by atoms with Crippen LogP contribution in [-0.2, 0) is 12.8 Å². The number of unbranched alkanes of at least 4 members (excludes halogenated alkanes) is 16. The lowest BCUT2D eigenvalue weighted by Crippen LogP contribution is -1.97. The Balaban J connectivity index is 1.60. The van der Waals surface area contributed by atoms with E-state index in [0.29, 0.717) is 0 Å². The van der Waals surface area contributed by atoms with Gasteiger partial charge in [-0.1, -0.05) is 129 Å². The molecule has 0 aliphatic rings. The molecule has 0 unspecified atom stereocenters. The molecular formula is C36H52BrI. The van der Waals surface area contributed by atoms with Gasteiger partial charge in [-0.2, -0.15) is 0 Å². The summed E-state index contributed by atoms with van der Waals surface area (Å²) in [5.41, 5.74) is 3.23. The number of fused-ring (bicyclic) bond motifs is 2. The van der Waals surface area contributed by atoms with Gasteiger partial charge in [-0.05, 0) is 121 Å². The number of rotatable bonds is 20.